The van der Waals surface area contributed by atoms with Crippen LogP contribution >= 0.6 is 0 Å². The minimum Gasteiger partial charge on any atom is -0.346 e. The number of carbonyl (C=O) groups excluding carboxylic acids is 2. The van der Waals surface area contributed by atoms with Crippen molar-refractivity contribution in [1.29, 1.82) is 0 Å². The van der Waals surface area contributed by atoms with Crippen LogP contribution in [0.25, 0.3) is 0 Å². The predicted molar refractivity (Wildman–Crippen MR) is 105 cm³/mol. The highest BCUT2D eigenvalue weighted by Crippen LogP contribution is 2.21. The van der Waals surface area contributed by atoms with Crippen molar-refractivity contribution in [3.63, 3.8) is 0 Å². The molecule has 6 heteroatoms. The van der Waals surface area contributed by atoms with E-state index >= 15 is 0 Å². The molecule has 0 spiro atoms. The van der Waals surface area contributed by atoms with Crippen molar-refractivity contribution in [2.24, 2.45) is 0 Å². The molecule has 1 atom stereocenters. The molecule has 0 aromatic heterocycles. The lowest BCUT2D eigenvalue weighted by Gasteiger charge is -2.35. The lowest BCUT2D eigenvalue weighted by atomic mass is 10.0. The van der Waals surface area contributed by atoms with E-state index in [0.29, 0.717) is 12.6 Å². The molecule has 1 aliphatic heterocycles. The molecule has 1 aromatic rings. The normalized spacial score (nSPS) is 18.0. The number of aryl methyl sites for hydroxylation is 3. The Hall–Kier alpha value is -1.92. The summed E-state index contributed by atoms with van der Waals surface area (Å²) in [6, 6.07) is 4.57. The van der Waals surface area contributed by atoms with Crippen LogP contribution in [0, 0.1) is 20.8 Å². The molecule has 0 radical (unpaired) electrons. The summed E-state index contributed by atoms with van der Waals surface area (Å²) in [6.07, 6.45) is 2.27. The van der Waals surface area contributed by atoms with Gasteiger partial charge in [0.05, 0.1) is 13.1 Å². The number of carbonyl (C=O) groups is 2. The summed E-state index contributed by atoms with van der Waals surface area (Å²) in [5.74, 6) is -0.296. The van der Waals surface area contributed by atoms with E-state index in [1.807, 2.05) is 32.9 Å². The number of likely N-dealkylation sites (N-methyl/N-ethyl adjacent to an activating group) is 1. The van der Waals surface area contributed by atoms with Crippen LogP contribution in [0.3, 0.4) is 0 Å². The van der Waals surface area contributed by atoms with Crippen molar-refractivity contribution in [3.05, 3.63) is 28.8 Å². The zero-order chi connectivity index (χ0) is 19.3. The Morgan fingerprint density at radius 3 is 2.42 bits per heavy atom. The van der Waals surface area contributed by atoms with Gasteiger partial charge in [-0.15, -0.1) is 0 Å². The lowest BCUT2D eigenvalue weighted by molar-refractivity contribution is -0.125. The van der Waals surface area contributed by atoms with Crippen LogP contribution in [-0.2, 0) is 9.59 Å². The molecule has 1 aromatic carbocycles. The second kappa shape index (κ2) is 9.14. The van der Waals surface area contributed by atoms with Crippen LogP contribution in [0.2, 0.25) is 0 Å². The largest absolute Gasteiger partial charge is 0.346 e. The third kappa shape index (κ3) is 5.81. The Bertz CT molecular complexity index is 634. The molecular formula is C20H32N4O2. The number of hydrogen-bond donors (Lipinski definition) is 2. The Kier molecular flexibility index (Phi) is 7.17. The van der Waals surface area contributed by atoms with Gasteiger partial charge in [-0.2, -0.15) is 0 Å². The maximum absolute atomic E-state index is 12.2. The Labute approximate surface area is 156 Å². The topological polar surface area (TPSA) is 64.7 Å². The summed E-state index contributed by atoms with van der Waals surface area (Å²) < 4.78 is 0. The van der Waals surface area contributed by atoms with Gasteiger partial charge in [0.1, 0.15) is 0 Å². The molecule has 0 saturated carbocycles. The third-order valence-electron chi connectivity index (χ3n) is 4.97. The molecule has 6 nitrogen and oxygen atoms in total. The van der Waals surface area contributed by atoms with E-state index in [4.69, 9.17) is 0 Å². The van der Waals surface area contributed by atoms with Gasteiger partial charge in [0.15, 0.2) is 0 Å². The summed E-state index contributed by atoms with van der Waals surface area (Å²) >= 11 is 0. The van der Waals surface area contributed by atoms with Crippen LogP contribution in [0.4, 0.5) is 5.69 Å². The molecule has 2 N–H and O–H groups in total. The highest BCUT2D eigenvalue weighted by atomic mass is 16.2. The molecule has 1 saturated heterocycles. The fraction of sp³-hybridized carbons (Fsp3) is 0.600. The summed E-state index contributed by atoms with van der Waals surface area (Å²) in [6.45, 7) is 8.17. The van der Waals surface area contributed by atoms with Crippen LogP contribution in [-0.4, -0.2) is 67.9 Å². The van der Waals surface area contributed by atoms with Crippen molar-refractivity contribution < 1.29 is 9.59 Å². The molecule has 1 aliphatic rings. The second-order valence-corrected chi connectivity index (χ2v) is 7.59. The van der Waals surface area contributed by atoms with Gasteiger partial charge in [-0.1, -0.05) is 17.7 Å². The van der Waals surface area contributed by atoms with Gasteiger partial charge in [0.2, 0.25) is 11.8 Å². The standard InChI is InChI=1S/C20H32N4O2/c1-14-9-15(2)20(16(3)10-14)22-18(25)11-21-19(26)13-24-8-6-7-17(12-24)23(4)5/h9-10,17H,6-8,11-13H2,1-5H3,(H,21,26)(H,22,25). The number of rotatable bonds is 6. The molecule has 1 heterocycles. The summed E-state index contributed by atoms with van der Waals surface area (Å²) in [7, 11) is 4.15. The molecule has 0 bridgehead atoms. The molecule has 2 rings (SSSR count). The zero-order valence-electron chi connectivity index (χ0n) is 16.7. The lowest BCUT2D eigenvalue weighted by Crippen LogP contribution is -2.49. The molecule has 0 aliphatic carbocycles. The van der Waals surface area contributed by atoms with E-state index in [1.165, 1.54) is 12.0 Å². The first-order valence-electron chi connectivity index (χ1n) is 9.29. The number of hydrogen-bond acceptors (Lipinski definition) is 4. The van der Waals surface area contributed by atoms with Crippen molar-refractivity contribution in [3.8, 4) is 0 Å². The van der Waals surface area contributed by atoms with E-state index in [-0.39, 0.29) is 18.4 Å². The smallest absolute Gasteiger partial charge is 0.243 e. The van der Waals surface area contributed by atoms with E-state index in [0.717, 1.165) is 36.3 Å². The molecule has 1 fully saturated rings. The Morgan fingerprint density at radius 1 is 1.15 bits per heavy atom. The summed E-state index contributed by atoms with van der Waals surface area (Å²) in [5.41, 5.74) is 4.07. The fourth-order valence-corrected chi connectivity index (χ4v) is 3.59. The maximum Gasteiger partial charge on any atom is 0.243 e. The highest BCUT2D eigenvalue weighted by molar-refractivity contribution is 5.96. The van der Waals surface area contributed by atoms with Gasteiger partial charge in [-0.25, -0.2) is 0 Å². The van der Waals surface area contributed by atoms with Gasteiger partial charge in [0, 0.05) is 18.3 Å². The third-order valence-corrected chi connectivity index (χ3v) is 4.97. The highest BCUT2D eigenvalue weighted by Gasteiger charge is 2.22. The first-order chi connectivity index (χ1) is 12.3. The Morgan fingerprint density at radius 2 is 1.81 bits per heavy atom. The van der Waals surface area contributed by atoms with Crippen molar-refractivity contribution in [2.75, 3.05) is 45.6 Å². The van der Waals surface area contributed by atoms with Gasteiger partial charge < -0.3 is 15.5 Å². The molecule has 1 unspecified atom stereocenters. The number of amides is 2. The SMILES string of the molecule is Cc1cc(C)c(NC(=O)CNC(=O)CN2CCCC(N(C)C)C2)c(C)c1. The first kappa shape index (κ1) is 20.4. The minimum absolute atomic E-state index is 0.00343. The van der Waals surface area contributed by atoms with Gasteiger partial charge in [-0.05, 0) is 65.4 Å². The number of likely N-dealkylation sites (tertiary alicyclic amines) is 1. The maximum atomic E-state index is 12.2. The Balaban J connectivity index is 1.79. The van der Waals surface area contributed by atoms with Gasteiger partial charge in [-0.3, -0.25) is 14.5 Å². The van der Waals surface area contributed by atoms with Crippen molar-refractivity contribution in [1.82, 2.24) is 15.1 Å². The monoisotopic (exact) mass is 360 g/mol. The van der Waals surface area contributed by atoms with E-state index in [1.54, 1.807) is 0 Å². The van der Waals surface area contributed by atoms with Crippen LogP contribution in [0.5, 0.6) is 0 Å². The van der Waals surface area contributed by atoms with E-state index in [9.17, 15) is 9.59 Å². The van der Waals surface area contributed by atoms with Crippen LogP contribution in [0.15, 0.2) is 12.1 Å². The van der Waals surface area contributed by atoms with E-state index < -0.39 is 0 Å². The summed E-state index contributed by atoms with van der Waals surface area (Å²) in [4.78, 5) is 28.7. The first-order valence-corrected chi connectivity index (χ1v) is 9.29. The number of piperidine rings is 1. The average molecular weight is 361 g/mol. The number of nitrogens with one attached hydrogen (secondary N) is 2. The molecular weight excluding hydrogens is 328 g/mol. The van der Waals surface area contributed by atoms with Gasteiger partial charge >= 0.3 is 0 Å². The number of benzene rings is 1. The van der Waals surface area contributed by atoms with Crippen molar-refractivity contribution in [2.45, 2.75) is 39.7 Å². The zero-order valence-corrected chi connectivity index (χ0v) is 16.7. The van der Waals surface area contributed by atoms with E-state index in [2.05, 4.69) is 34.5 Å². The molecule has 2 amide bonds. The van der Waals surface area contributed by atoms with Crippen molar-refractivity contribution >= 4 is 17.5 Å². The van der Waals surface area contributed by atoms with Gasteiger partial charge in [0.25, 0.3) is 0 Å². The second-order valence-electron chi connectivity index (χ2n) is 7.59. The predicted octanol–water partition coefficient (Wildman–Crippen LogP) is 1.69. The van der Waals surface area contributed by atoms with Crippen LogP contribution in [0.1, 0.15) is 29.5 Å². The fourth-order valence-electron chi connectivity index (χ4n) is 3.59. The molecule has 144 valence electrons. The summed E-state index contributed by atoms with van der Waals surface area (Å²) in [5, 5.41) is 5.65. The average Bonchev–Trinajstić information content (AvgIpc) is 2.56. The van der Waals surface area contributed by atoms with Crippen LogP contribution < -0.4 is 10.6 Å². The minimum atomic E-state index is -0.196. The number of nitrogens with zero attached hydrogens (tertiary/aromatic N) is 2. The molecule has 26 heavy (non-hydrogen) atoms. The quantitative estimate of drug-likeness (QED) is 0.810. The number of anilines is 1.